The van der Waals surface area contributed by atoms with Gasteiger partial charge in [-0.2, -0.15) is 0 Å². The van der Waals surface area contributed by atoms with Crippen LogP contribution >= 0.6 is 11.3 Å². The molecule has 0 bridgehead atoms. The summed E-state index contributed by atoms with van der Waals surface area (Å²) >= 11 is 1.50. The number of fused-ring (bicyclic) bond motifs is 1. The number of methoxy groups -OCH3 is 1. The number of thiophene rings is 1. The summed E-state index contributed by atoms with van der Waals surface area (Å²) in [6.07, 6.45) is 3.03. The number of carbonyl (C=O) groups excluding carboxylic acids is 2. The number of primary amides is 1. The number of anilines is 1. The van der Waals surface area contributed by atoms with Gasteiger partial charge in [0.15, 0.2) is 0 Å². The highest BCUT2D eigenvalue weighted by Gasteiger charge is 2.33. The maximum atomic E-state index is 12.6. The van der Waals surface area contributed by atoms with Crippen LogP contribution in [-0.2, 0) is 24.1 Å². The van der Waals surface area contributed by atoms with Crippen LogP contribution in [0.15, 0.2) is 24.3 Å². The van der Waals surface area contributed by atoms with Crippen molar-refractivity contribution in [3.63, 3.8) is 0 Å². The van der Waals surface area contributed by atoms with Crippen molar-refractivity contribution in [3.8, 4) is 5.75 Å². The van der Waals surface area contributed by atoms with E-state index in [-0.39, 0.29) is 17.7 Å². The normalized spacial score (nSPS) is 16.4. The molecule has 2 amide bonds. The Labute approximate surface area is 170 Å². The first-order valence-corrected chi connectivity index (χ1v) is 10.4. The molecule has 2 aromatic rings. The molecule has 1 aliphatic carbocycles. The van der Waals surface area contributed by atoms with Crippen molar-refractivity contribution in [1.29, 1.82) is 0 Å². The van der Waals surface area contributed by atoms with Gasteiger partial charge in [-0.3, -0.25) is 9.59 Å². The van der Waals surface area contributed by atoms with E-state index in [0.717, 1.165) is 36.1 Å². The zero-order chi connectivity index (χ0) is 20.5. The SMILES string of the molecule is COc1ccc(CC(=O)Nc2sc3c(c2C(N)=O)CC[C@H](C(C)(C)C)C3)cc1. The molecule has 0 radical (unpaired) electrons. The number of ether oxygens (including phenoxy) is 1. The standard InChI is InChI=1S/C22H28N2O3S/c1-22(2,3)14-7-10-16-17(12-14)28-21(19(16)20(23)26)24-18(25)11-13-5-8-15(27-4)9-6-13/h5-6,8-9,14H,7,10-12H2,1-4H3,(H2,23,26)(H,24,25)/t14-/m0/s1. The number of nitrogens with two attached hydrogens (primary N) is 1. The lowest BCUT2D eigenvalue weighted by Crippen LogP contribution is -2.27. The third-order valence-electron chi connectivity index (χ3n) is 5.51. The highest BCUT2D eigenvalue weighted by molar-refractivity contribution is 7.17. The minimum absolute atomic E-state index is 0.154. The summed E-state index contributed by atoms with van der Waals surface area (Å²) in [7, 11) is 1.61. The molecule has 1 heterocycles. The van der Waals surface area contributed by atoms with Crippen LogP contribution in [-0.4, -0.2) is 18.9 Å². The molecule has 5 nitrogen and oxygen atoms in total. The molecule has 150 valence electrons. The smallest absolute Gasteiger partial charge is 0.251 e. The van der Waals surface area contributed by atoms with Crippen LogP contribution < -0.4 is 15.8 Å². The lowest BCUT2D eigenvalue weighted by molar-refractivity contribution is -0.115. The highest BCUT2D eigenvalue weighted by Crippen LogP contribution is 2.44. The Kier molecular flexibility index (Phi) is 5.79. The summed E-state index contributed by atoms with van der Waals surface area (Å²) in [6, 6.07) is 7.38. The van der Waals surface area contributed by atoms with Crippen LogP contribution in [0.4, 0.5) is 5.00 Å². The van der Waals surface area contributed by atoms with E-state index >= 15 is 0 Å². The summed E-state index contributed by atoms with van der Waals surface area (Å²) in [5.41, 5.74) is 8.28. The Morgan fingerprint density at radius 2 is 1.93 bits per heavy atom. The summed E-state index contributed by atoms with van der Waals surface area (Å²) in [5, 5.41) is 3.52. The van der Waals surface area contributed by atoms with Crippen molar-refractivity contribution < 1.29 is 14.3 Å². The van der Waals surface area contributed by atoms with Crippen molar-refractivity contribution in [2.75, 3.05) is 12.4 Å². The molecule has 1 aromatic carbocycles. The fourth-order valence-electron chi connectivity index (χ4n) is 3.77. The van der Waals surface area contributed by atoms with Gasteiger partial charge in [0.25, 0.3) is 5.91 Å². The van der Waals surface area contributed by atoms with Crippen molar-refractivity contribution >= 4 is 28.2 Å². The fraction of sp³-hybridized carbons (Fsp3) is 0.455. The van der Waals surface area contributed by atoms with Crippen LogP contribution in [0.3, 0.4) is 0 Å². The molecule has 1 aromatic heterocycles. The molecular weight excluding hydrogens is 372 g/mol. The summed E-state index contributed by atoms with van der Waals surface area (Å²) in [6.45, 7) is 6.76. The van der Waals surface area contributed by atoms with Crippen LogP contribution in [0.5, 0.6) is 5.75 Å². The second kappa shape index (κ2) is 7.95. The van der Waals surface area contributed by atoms with Gasteiger partial charge >= 0.3 is 0 Å². The number of nitrogens with one attached hydrogen (secondary N) is 1. The lowest BCUT2D eigenvalue weighted by atomic mass is 9.72. The molecule has 0 unspecified atom stereocenters. The molecule has 28 heavy (non-hydrogen) atoms. The minimum atomic E-state index is -0.466. The molecule has 0 spiro atoms. The van der Waals surface area contributed by atoms with Crippen molar-refractivity contribution in [2.45, 2.75) is 46.5 Å². The maximum absolute atomic E-state index is 12.6. The quantitative estimate of drug-likeness (QED) is 0.790. The second-order valence-electron chi connectivity index (χ2n) is 8.45. The summed E-state index contributed by atoms with van der Waals surface area (Å²) in [5.74, 6) is 0.687. The Balaban J connectivity index is 1.79. The molecular formula is C22H28N2O3S. The molecule has 0 saturated heterocycles. The van der Waals surface area contributed by atoms with Crippen molar-refractivity contribution in [2.24, 2.45) is 17.1 Å². The average molecular weight is 401 g/mol. The van der Waals surface area contributed by atoms with Crippen LogP contribution in [0.2, 0.25) is 0 Å². The van der Waals surface area contributed by atoms with E-state index in [1.165, 1.54) is 16.2 Å². The van der Waals surface area contributed by atoms with Gasteiger partial charge in [-0.25, -0.2) is 0 Å². The van der Waals surface area contributed by atoms with E-state index in [1.54, 1.807) is 7.11 Å². The molecule has 0 fully saturated rings. The third-order valence-corrected chi connectivity index (χ3v) is 6.68. The van der Waals surface area contributed by atoms with Crippen molar-refractivity contribution in [3.05, 3.63) is 45.8 Å². The van der Waals surface area contributed by atoms with Crippen LogP contribution in [0.25, 0.3) is 0 Å². The molecule has 0 aliphatic heterocycles. The van der Waals surface area contributed by atoms with Crippen molar-refractivity contribution in [1.82, 2.24) is 0 Å². The first-order chi connectivity index (χ1) is 13.2. The first kappa shape index (κ1) is 20.4. The van der Waals surface area contributed by atoms with E-state index < -0.39 is 5.91 Å². The number of hydrogen-bond acceptors (Lipinski definition) is 4. The van der Waals surface area contributed by atoms with E-state index in [1.807, 2.05) is 24.3 Å². The van der Waals surface area contributed by atoms with Gasteiger partial charge in [-0.1, -0.05) is 32.9 Å². The maximum Gasteiger partial charge on any atom is 0.251 e. The van der Waals surface area contributed by atoms with E-state index in [2.05, 4.69) is 26.1 Å². The van der Waals surface area contributed by atoms with E-state index in [9.17, 15) is 9.59 Å². The molecule has 3 rings (SSSR count). The number of hydrogen-bond donors (Lipinski definition) is 2. The Hall–Kier alpha value is -2.34. The zero-order valence-electron chi connectivity index (χ0n) is 16.9. The number of rotatable bonds is 5. The van der Waals surface area contributed by atoms with Gasteiger partial charge in [-0.15, -0.1) is 11.3 Å². The van der Waals surface area contributed by atoms with Gasteiger partial charge in [0.1, 0.15) is 10.8 Å². The predicted molar refractivity (Wildman–Crippen MR) is 113 cm³/mol. The number of carbonyl (C=O) groups is 2. The zero-order valence-corrected chi connectivity index (χ0v) is 17.7. The lowest BCUT2D eigenvalue weighted by Gasteiger charge is -2.33. The Morgan fingerprint density at radius 1 is 1.25 bits per heavy atom. The highest BCUT2D eigenvalue weighted by atomic mass is 32.1. The predicted octanol–water partition coefficient (Wildman–Crippen LogP) is 4.19. The van der Waals surface area contributed by atoms with Gasteiger partial charge in [-0.05, 0) is 53.9 Å². The fourth-order valence-corrected chi connectivity index (χ4v) is 5.12. The molecule has 0 saturated carbocycles. The van der Waals surface area contributed by atoms with E-state index in [0.29, 0.717) is 16.5 Å². The Bertz CT molecular complexity index is 878. The van der Waals surface area contributed by atoms with Gasteiger partial charge in [0.2, 0.25) is 5.91 Å². The third kappa shape index (κ3) is 4.38. The summed E-state index contributed by atoms with van der Waals surface area (Å²) in [4.78, 5) is 25.8. The first-order valence-electron chi connectivity index (χ1n) is 9.56. The Morgan fingerprint density at radius 3 is 2.50 bits per heavy atom. The molecule has 1 atom stereocenters. The van der Waals surface area contributed by atoms with Crippen LogP contribution in [0.1, 0.15) is 53.6 Å². The number of amides is 2. The topological polar surface area (TPSA) is 81.4 Å². The largest absolute Gasteiger partial charge is 0.497 e. The molecule has 3 N–H and O–H groups in total. The molecule has 6 heteroatoms. The van der Waals surface area contributed by atoms with Crippen LogP contribution in [0, 0.1) is 11.3 Å². The molecule has 1 aliphatic rings. The second-order valence-corrected chi connectivity index (χ2v) is 9.56. The van der Waals surface area contributed by atoms with Gasteiger partial charge in [0.05, 0.1) is 19.1 Å². The monoisotopic (exact) mass is 400 g/mol. The minimum Gasteiger partial charge on any atom is -0.497 e. The van der Waals surface area contributed by atoms with E-state index in [4.69, 9.17) is 10.5 Å². The van der Waals surface area contributed by atoms with Gasteiger partial charge in [0, 0.05) is 4.88 Å². The average Bonchev–Trinajstić information content (AvgIpc) is 2.98. The number of benzene rings is 1. The summed E-state index contributed by atoms with van der Waals surface area (Å²) < 4.78 is 5.14. The van der Waals surface area contributed by atoms with Gasteiger partial charge < -0.3 is 15.8 Å².